The maximum atomic E-state index is 10.3. The molecular formula is C8H5NO2S. The van der Waals surface area contributed by atoms with E-state index in [-0.39, 0.29) is 0 Å². The molecule has 2 aromatic rings. The maximum absolute atomic E-state index is 10.3. The molecule has 2 rings (SSSR count). The zero-order chi connectivity index (χ0) is 8.39. The third-order valence-electron chi connectivity index (χ3n) is 1.41. The minimum absolute atomic E-state index is 0.330. The molecule has 4 heteroatoms. The first-order valence-electron chi connectivity index (χ1n) is 3.33. The number of nitrogens with zero attached hydrogens (tertiary/aromatic N) is 1. The van der Waals surface area contributed by atoms with Crippen LogP contribution < -0.4 is 0 Å². The summed E-state index contributed by atoms with van der Waals surface area (Å²) in [5, 5.41) is 3.85. The van der Waals surface area contributed by atoms with Crippen molar-refractivity contribution < 1.29 is 9.21 Å². The molecule has 0 spiro atoms. The minimum atomic E-state index is 0.330. The molecule has 2 heterocycles. The van der Waals surface area contributed by atoms with E-state index in [0.29, 0.717) is 17.9 Å². The smallest absolute Gasteiger partial charge is 0.227 e. The average Bonchev–Trinajstić information content (AvgIpc) is 2.75. The number of carbonyl (C=O) groups is 1. The van der Waals surface area contributed by atoms with E-state index in [1.807, 2.05) is 16.8 Å². The monoisotopic (exact) mass is 179 g/mol. The van der Waals surface area contributed by atoms with Crippen LogP contribution in [0.15, 0.2) is 27.5 Å². The van der Waals surface area contributed by atoms with E-state index in [2.05, 4.69) is 4.98 Å². The largest absolute Gasteiger partial charge is 0.444 e. The molecule has 60 valence electrons. The summed E-state index contributed by atoms with van der Waals surface area (Å²) >= 11 is 1.56. The van der Waals surface area contributed by atoms with Gasteiger partial charge >= 0.3 is 0 Å². The number of hydrogen-bond acceptors (Lipinski definition) is 4. The summed E-state index contributed by atoms with van der Waals surface area (Å²) < 4.78 is 5.06. The molecule has 0 radical (unpaired) electrons. The Kier molecular flexibility index (Phi) is 1.75. The Morgan fingerprint density at radius 3 is 3.08 bits per heavy atom. The van der Waals surface area contributed by atoms with Crippen LogP contribution in [-0.2, 0) is 0 Å². The van der Waals surface area contributed by atoms with E-state index in [9.17, 15) is 4.79 Å². The SMILES string of the molecule is O=Cc1coc(-c2ccsc2)n1. The lowest BCUT2D eigenvalue weighted by Gasteiger charge is -1.83. The summed E-state index contributed by atoms with van der Waals surface area (Å²) in [5.41, 5.74) is 1.24. The zero-order valence-electron chi connectivity index (χ0n) is 6.06. The van der Waals surface area contributed by atoms with Crippen LogP contribution in [0.25, 0.3) is 11.5 Å². The first-order valence-corrected chi connectivity index (χ1v) is 4.27. The van der Waals surface area contributed by atoms with Crippen molar-refractivity contribution in [2.24, 2.45) is 0 Å². The highest BCUT2D eigenvalue weighted by Crippen LogP contribution is 2.20. The van der Waals surface area contributed by atoms with Crippen LogP contribution in [0.5, 0.6) is 0 Å². The maximum Gasteiger partial charge on any atom is 0.227 e. The third-order valence-corrected chi connectivity index (χ3v) is 2.09. The standard InChI is InChI=1S/C8H5NO2S/c10-3-7-4-11-8(9-7)6-1-2-12-5-6/h1-5H. The number of rotatable bonds is 2. The van der Waals surface area contributed by atoms with Crippen LogP contribution >= 0.6 is 11.3 Å². The molecule has 0 unspecified atom stereocenters. The Hall–Kier alpha value is -1.42. The summed E-state index contributed by atoms with van der Waals surface area (Å²) in [5.74, 6) is 0.498. The van der Waals surface area contributed by atoms with E-state index in [4.69, 9.17) is 4.42 Å². The first-order chi connectivity index (χ1) is 5.90. The van der Waals surface area contributed by atoms with Crippen LogP contribution in [0.1, 0.15) is 10.5 Å². The second kappa shape index (κ2) is 2.91. The summed E-state index contributed by atoms with van der Waals surface area (Å²) in [7, 11) is 0. The van der Waals surface area contributed by atoms with Gasteiger partial charge in [-0.2, -0.15) is 11.3 Å². The first kappa shape index (κ1) is 7.24. The number of aromatic nitrogens is 1. The Bertz CT molecular complexity index is 377. The lowest BCUT2D eigenvalue weighted by Crippen LogP contribution is -1.77. The van der Waals surface area contributed by atoms with Crippen molar-refractivity contribution in [2.45, 2.75) is 0 Å². The molecule has 12 heavy (non-hydrogen) atoms. The van der Waals surface area contributed by atoms with Crippen molar-refractivity contribution in [3.63, 3.8) is 0 Å². The molecule has 0 saturated carbocycles. The highest BCUT2D eigenvalue weighted by Gasteiger charge is 2.04. The molecule has 3 nitrogen and oxygen atoms in total. The zero-order valence-corrected chi connectivity index (χ0v) is 6.88. The fourth-order valence-corrected chi connectivity index (χ4v) is 1.49. The van der Waals surface area contributed by atoms with Crippen molar-refractivity contribution >= 4 is 17.6 Å². The third kappa shape index (κ3) is 1.16. The normalized spacial score (nSPS) is 10.0. The quantitative estimate of drug-likeness (QED) is 0.664. The topological polar surface area (TPSA) is 43.1 Å². The highest BCUT2D eigenvalue weighted by atomic mass is 32.1. The molecule has 0 amide bonds. The van der Waals surface area contributed by atoms with E-state index in [0.717, 1.165) is 5.56 Å². The predicted octanol–water partition coefficient (Wildman–Crippen LogP) is 2.22. The van der Waals surface area contributed by atoms with E-state index < -0.39 is 0 Å². The average molecular weight is 179 g/mol. The van der Waals surface area contributed by atoms with Gasteiger partial charge in [-0.15, -0.1) is 0 Å². The lowest BCUT2D eigenvalue weighted by atomic mass is 10.3. The van der Waals surface area contributed by atoms with Crippen LogP contribution in [-0.4, -0.2) is 11.3 Å². The fraction of sp³-hybridized carbons (Fsp3) is 0. The van der Waals surface area contributed by atoms with Gasteiger partial charge in [0.05, 0.1) is 0 Å². The van der Waals surface area contributed by atoms with Gasteiger partial charge < -0.3 is 4.42 Å². The van der Waals surface area contributed by atoms with Gasteiger partial charge in [-0.05, 0) is 11.4 Å². The number of thiophene rings is 1. The molecule has 0 saturated heterocycles. The van der Waals surface area contributed by atoms with E-state index in [1.165, 1.54) is 6.26 Å². The summed E-state index contributed by atoms with van der Waals surface area (Å²) in [6.07, 6.45) is 2.01. The van der Waals surface area contributed by atoms with Gasteiger partial charge in [0.15, 0.2) is 6.29 Å². The van der Waals surface area contributed by atoms with Gasteiger partial charge in [0.1, 0.15) is 12.0 Å². The van der Waals surface area contributed by atoms with Gasteiger partial charge in [0, 0.05) is 10.9 Å². The Morgan fingerprint density at radius 2 is 2.50 bits per heavy atom. The molecule has 0 bridgehead atoms. The fourth-order valence-electron chi connectivity index (χ4n) is 0.859. The van der Waals surface area contributed by atoms with Gasteiger partial charge in [-0.3, -0.25) is 4.79 Å². The molecule has 0 atom stereocenters. The molecule has 0 fully saturated rings. The van der Waals surface area contributed by atoms with Crippen LogP contribution in [0.3, 0.4) is 0 Å². The van der Waals surface area contributed by atoms with Gasteiger partial charge in [-0.25, -0.2) is 4.98 Å². The second-order valence-electron chi connectivity index (χ2n) is 2.21. The Morgan fingerprint density at radius 1 is 1.58 bits per heavy atom. The molecular weight excluding hydrogens is 174 g/mol. The summed E-state index contributed by atoms with van der Waals surface area (Å²) in [6, 6.07) is 1.89. The van der Waals surface area contributed by atoms with Crippen molar-refractivity contribution in [2.75, 3.05) is 0 Å². The Labute approximate surface area is 72.7 Å². The molecule has 0 aromatic carbocycles. The van der Waals surface area contributed by atoms with Gasteiger partial charge in [0.25, 0.3) is 0 Å². The van der Waals surface area contributed by atoms with Crippen molar-refractivity contribution in [3.05, 3.63) is 28.8 Å². The van der Waals surface area contributed by atoms with Gasteiger partial charge in [0.2, 0.25) is 5.89 Å². The Balaban J connectivity index is 2.41. The van der Waals surface area contributed by atoms with Crippen molar-refractivity contribution in [1.29, 1.82) is 0 Å². The van der Waals surface area contributed by atoms with Crippen molar-refractivity contribution in [1.82, 2.24) is 4.98 Å². The van der Waals surface area contributed by atoms with Crippen molar-refractivity contribution in [3.8, 4) is 11.5 Å². The second-order valence-corrected chi connectivity index (χ2v) is 2.99. The predicted molar refractivity (Wildman–Crippen MR) is 45.2 cm³/mol. The van der Waals surface area contributed by atoms with Crippen LogP contribution in [0.4, 0.5) is 0 Å². The highest BCUT2D eigenvalue weighted by molar-refractivity contribution is 7.08. The van der Waals surface area contributed by atoms with E-state index in [1.54, 1.807) is 11.3 Å². The van der Waals surface area contributed by atoms with Gasteiger partial charge in [-0.1, -0.05) is 0 Å². The summed E-state index contributed by atoms with van der Waals surface area (Å²) in [6.45, 7) is 0. The number of hydrogen-bond donors (Lipinski definition) is 0. The number of oxazole rings is 1. The van der Waals surface area contributed by atoms with E-state index >= 15 is 0 Å². The summed E-state index contributed by atoms with van der Waals surface area (Å²) in [4.78, 5) is 14.2. The number of aldehydes is 1. The molecule has 0 N–H and O–H groups in total. The van der Waals surface area contributed by atoms with Crippen LogP contribution in [0, 0.1) is 0 Å². The molecule has 0 aliphatic rings. The minimum Gasteiger partial charge on any atom is -0.444 e. The molecule has 0 aliphatic carbocycles. The lowest BCUT2D eigenvalue weighted by molar-refractivity contribution is 0.111. The molecule has 2 aromatic heterocycles. The number of carbonyl (C=O) groups excluding carboxylic acids is 1. The van der Waals surface area contributed by atoms with Crippen LogP contribution in [0.2, 0.25) is 0 Å². The molecule has 0 aliphatic heterocycles.